The van der Waals surface area contributed by atoms with Gasteiger partial charge in [-0.05, 0) is 6.92 Å². The van der Waals surface area contributed by atoms with Crippen molar-refractivity contribution in [1.29, 1.82) is 0 Å². The maximum Gasteiger partial charge on any atom is 0.306 e. The van der Waals surface area contributed by atoms with Gasteiger partial charge in [-0.15, -0.1) is 0 Å². The molecule has 1 unspecified atom stereocenters. The van der Waals surface area contributed by atoms with Gasteiger partial charge in [-0.2, -0.15) is 0 Å². The molecule has 0 aromatic carbocycles. The zero-order chi connectivity index (χ0) is 11.2. The molecule has 0 aliphatic heterocycles. The number of carbonyl (C=O) groups is 2. The molecule has 0 saturated carbocycles. The Labute approximate surface area is 82.1 Å². The van der Waals surface area contributed by atoms with E-state index in [0.717, 1.165) is 0 Å². The van der Waals surface area contributed by atoms with Crippen LogP contribution < -0.4 is 11.1 Å². The molecule has 0 saturated heterocycles. The molecule has 6 nitrogen and oxygen atoms in total. The third kappa shape index (κ3) is 6.38. The van der Waals surface area contributed by atoms with Gasteiger partial charge in [0, 0.05) is 19.5 Å². The minimum atomic E-state index is -1.42. The Kier molecular flexibility index (Phi) is 5.11. The van der Waals surface area contributed by atoms with E-state index in [-0.39, 0.29) is 25.4 Å². The summed E-state index contributed by atoms with van der Waals surface area (Å²) in [6.45, 7) is 1.49. The summed E-state index contributed by atoms with van der Waals surface area (Å²) >= 11 is 0. The molecule has 5 N–H and O–H groups in total. The van der Waals surface area contributed by atoms with Gasteiger partial charge in [0.15, 0.2) is 0 Å². The summed E-state index contributed by atoms with van der Waals surface area (Å²) in [5, 5.41) is 20.3. The zero-order valence-electron chi connectivity index (χ0n) is 8.12. The number of rotatable bonds is 6. The highest BCUT2D eigenvalue weighted by molar-refractivity contribution is 5.76. The van der Waals surface area contributed by atoms with Crippen LogP contribution in [0.25, 0.3) is 0 Å². The van der Waals surface area contributed by atoms with Gasteiger partial charge in [0.05, 0.1) is 12.0 Å². The minimum Gasteiger partial charge on any atom is -0.481 e. The molecular weight excluding hydrogens is 188 g/mol. The molecule has 0 aromatic heterocycles. The summed E-state index contributed by atoms with van der Waals surface area (Å²) in [6.07, 6.45) is -0.237. The van der Waals surface area contributed by atoms with Crippen LogP contribution >= 0.6 is 0 Å². The minimum absolute atomic E-state index is 0.0852. The van der Waals surface area contributed by atoms with Crippen LogP contribution in [0.1, 0.15) is 19.8 Å². The molecule has 0 aliphatic rings. The van der Waals surface area contributed by atoms with Crippen molar-refractivity contribution in [3.05, 3.63) is 0 Å². The Morgan fingerprint density at radius 3 is 2.50 bits per heavy atom. The Morgan fingerprint density at radius 2 is 2.07 bits per heavy atom. The van der Waals surface area contributed by atoms with Crippen molar-refractivity contribution in [2.24, 2.45) is 5.73 Å². The Bertz CT molecular complexity index is 215. The number of nitrogens with two attached hydrogens (primary N) is 1. The average molecular weight is 204 g/mol. The fraction of sp³-hybridized carbons (Fsp3) is 0.750. The molecule has 0 spiro atoms. The van der Waals surface area contributed by atoms with Crippen molar-refractivity contribution in [3.8, 4) is 0 Å². The predicted octanol–water partition coefficient (Wildman–Crippen LogP) is -1.32. The number of aliphatic hydroxyl groups is 1. The number of nitrogens with one attached hydrogen (secondary N) is 1. The molecule has 0 heterocycles. The number of carboxylic acid groups (broad SMARTS) is 1. The van der Waals surface area contributed by atoms with Crippen LogP contribution in [-0.4, -0.2) is 40.8 Å². The van der Waals surface area contributed by atoms with Gasteiger partial charge in [-0.3, -0.25) is 9.59 Å². The second-order valence-electron chi connectivity index (χ2n) is 3.38. The summed E-state index contributed by atoms with van der Waals surface area (Å²) in [4.78, 5) is 21.2. The number of aliphatic carboxylic acids is 1. The highest BCUT2D eigenvalue weighted by Crippen LogP contribution is 2.07. The van der Waals surface area contributed by atoms with E-state index in [2.05, 4.69) is 5.32 Å². The second kappa shape index (κ2) is 5.56. The first-order valence-electron chi connectivity index (χ1n) is 4.28. The van der Waals surface area contributed by atoms with Gasteiger partial charge < -0.3 is 21.3 Å². The average Bonchev–Trinajstić information content (AvgIpc) is 1.99. The lowest BCUT2D eigenvalue weighted by molar-refractivity contribution is -0.142. The summed E-state index contributed by atoms with van der Waals surface area (Å²) in [7, 11) is 0. The Morgan fingerprint density at radius 1 is 1.50 bits per heavy atom. The van der Waals surface area contributed by atoms with E-state index >= 15 is 0 Å². The highest BCUT2D eigenvalue weighted by atomic mass is 16.4. The normalized spacial score (nSPS) is 14.5. The molecule has 0 bridgehead atoms. The molecule has 1 amide bonds. The SMILES string of the molecule is CC(O)(CNC(=O)CCN)CC(=O)O. The third-order valence-corrected chi connectivity index (χ3v) is 1.57. The molecule has 0 aromatic rings. The van der Waals surface area contributed by atoms with Crippen molar-refractivity contribution in [3.63, 3.8) is 0 Å². The fourth-order valence-electron chi connectivity index (χ4n) is 0.897. The summed E-state index contributed by atoms with van der Waals surface area (Å²) in [5.41, 5.74) is 3.71. The van der Waals surface area contributed by atoms with E-state index in [4.69, 9.17) is 10.8 Å². The van der Waals surface area contributed by atoms with Crippen molar-refractivity contribution in [1.82, 2.24) is 5.32 Å². The number of hydrogen-bond acceptors (Lipinski definition) is 4. The van der Waals surface area contributed by atoms with E-state index in [9.17, 15) is 14.7 Å². The van der Waals surface area contributed by atoms with E-state index in [1.807, 2.05) is 0 Å². The van der Waals surface area contributed by atoms with Crippen molar-refractivity contribution < 1.29 is 19.8 Å². The maximum absolute atomic E-state index is 10.9. The lowest BCUT2D eigenvalue weighted by Crippen LogP contribution is -2.42. The van der Waals surface area contributed by atoms with Gasteiger partial charge in [-0.1, -0.05) is 0 Å². The second-order valence-corrected chi connectivity index (χ2v) is 3.38. The van der Waals surface area contributed by atoms with Crippen molar-refractivity contribution in [2.75, 3.05) is 13.1 Å². The topological polar surface area (TPSA) is 113 Å². The first-order chi connectivity index (χ1) is 6.37. The summed E-state index contributed by atoms with van der Waals surface area (Å²) < 4.78 is 0. The number of carboxylic acids is 1. The van der Waals surface area contributed by atoms with Crippen LogP contribution in [-0.2, 0) is 9.59 Å². The van der Waals surface area contributed by atoms with Crippen molar-refractivity contribution >= 4 is 11.9 Å². The number of carbonyl (C=O) groups excluding carboxylic acids is 1. The van der Waals surface area contributed by atoms with Gasteiger partial charge >= 0.3 is 5.97 Å². The predicted molar refractivity (Wildman–Crippen MR) is 49.6 cm³/mol. The number of hydrogen-bond donors (Lipinski definition) is 4. The molecule has 1 atom stereocenters. The zero-order valence-corrected chi connectivity index (χ0v) is 8.12. The number of amides is 1. The van der Waals surface area contributed by atoms with E-state index in [1.165, 1.54) is 6.92 Å². The standard InChI is InChI=1S/C8H16N2O4/c1-8(14,4-7(12)13)5-10-6(11)2-3-9/h14H,2-5,9H2,1H3,(H,10,11)(H,12,13). The first-order valence-corrected chi connectivity index (χ1v) is 4.28. The van der Waals surface area contributed by atoms with Crippen LogP contribution in [0.2, 0.25) is 0 Å². The van der Waals surface area contributed by atoms with E-state index in [1.54, 1.807) is 0 Å². The fourth-order valence-corrected chi connectivity index (χ4v) is 0.897. The van der Waals surface area contributed by atoms with Gasteiger partial charge in [0.25, 0.3) is 0 Å². The van der Waals surface area contributed by atoms with Gasteiger partial charge in [0.2, 0.25) is 5.91 Å². The van der Waals surface area contributed by atoms with E-state index in [0.29, 0.717) is 0 Å². The monoisotopic (exact) mass is 204 g/mol. The molecule has 0 aliphatic carbocycles. The maximum atomic E-state index is 10.9. The quantitative estimate of drug-likeness (QED) is 0.428. The van der Waals surface area contributed by atoms with Crippen LogP contribution in [0.3, 0.4) is 0 Å². The summed E-state index contributed by atoms with van der Waals surface area (Å²) in [5.74, 6) is -1.40. The van der Waals surface area contributed by atoms with Crippen molar-refractivity contribution in [2.45, 2.75) is 25.4 Å². The Balaban J connectivity index is 3.86. The van der Waals surface area contributed by atoms with Crippen LogP contribution in [0, 0.1) is 0 Å². The smallest absolute Gasteiger partial charge is 0.306 e. The van der Waals surface area contributed by atoms with Gasteiger partial charge in [-0.25, -0.2) is 0 Å². The Hall–Kier alpha value is -1.14. The summed E-state index contributed by atoms with van der Waals surface area (Å²) in [6, 6.07) is 0. The van der Waals surface area contributed by atoms with Gasteiger partial charge in [0.1, 0.15) is 0 Å². The molecule has 82 valence electrons. The molecule has 0 radical (unpaired) electrons. The lowest BCUT2D eigenvalue weighted by atomic mass is 10.0. The molecule has 0 fully saturated rings. The molecule has 6 heteroatoms. The van der Waals surface area contributed by atoms with Crippen LogP contribution in [0.15, 0.2) is 0 Å². The lowest BCUT2D eigenvalue weighted by Gasteiger charge is -2.21. The molecule has 0 rings (SSSR count). The van der Waals surface area contributed by atoms with E-state index < -0.39 is 18.0 Å². The highest BCUT2D eigenvalue weighted by Gasteiger charge is 2.24. The van der Waals surface area contributed by atoms with Crippen LogP contribution in [0.5, 0.6) is 0 Å². The molecule has 14 heavy (non-hydrogen) atoms. The molecular formula is C8H16N2O4. The third-order valence-electron chi connectivity index (χ3n) is 1.57. The first kappa shape index (κ1) is 12.9. The van der Waals surface area contributed by atoms with Crippen LogP contribution in [0.4, 0.5) is 0 Å². The largest absolute Gasteiger partial charge is 0.481 e.